The Labute approximate surface area is 127 Å². The van der Waals surface area contributed by atoms with Crippen LogP contribution in [0.5, 0.6) is 0 Å². The number of aromatic nitrogens is 4. The molecule has 0 spiro atoms. The second-order valence-electron chi connectivity index (χ2n) is 4.77. The van der Waals surface area contributed by atoms with Gasteiger partial charge in [-0.2, -0.15) is 0 Å². The van der Waals surface area contributed by atoms with Crippen LogP contribution in [-0.2, 0) is 0 Å². The van der Waals surface area contributed by atoms with E-state index in [1.807, 2.05) is 13.8 Å². The molecule has 0 saturated carbocycles. The Bertz CT molecular complexity index is 698. The Hall–Kier alpha value is -1.89. The van der Waals surface area contributed by atoms with Gasteiger partial charge in [0.05, 0.1) is 0 Å². The maximum Gasteiger partial charge on any atom is 0.251 e. The first-order chi connectivity index (χ1) is 9.99. The molecule has 0 aromatic carbocycles. The lowest BCUT2D eigenvalue weighted by atomic mass is 10.3. The smallest absolute Gasteiger partial charge is 0.251 e. The van der Waals surface area contributed by atoms with Gasteiger partial charge >= 0.3 is 0 Å². The molecule has 2 rings (SSSR count). The van der Waals surface area contributed by atoms with Crippen molar-refractivity contribution in [1.82, 2.24) is 19.9 Å². The summed E-state index contributed by atoms with van der Waals surface area (Å²) in [6.45, 7) is 8.58. The molecule has 2 aromatic heterocycles. The van der Waals surface area contributed by atoms with Gasteiger partial charge in [0.2, 0.25) is 0 Å². The van der Waals surface area contributed by atoms with E-state index in [1.54, 1.807) is 6.92 Å². The molecule has 0 aliphatic heterocycles. The van der Waals surface area contributed by atoms with E-state index < -0.39 is 0 Å². The zero-order valence-electron chi connectivity index (χ0n) is 12.6. The summed E-state index contributed by atoms with van der Waals surface area (Å²) in [5.41, 5.74) is 1.50. The molecule has 0 radical (unpaired) electrons. The molecule has 0 atom stereocenters. The van der Waals surface area contributed by atoms with Crippen LogP contribution in [0.3, 0.4) is 0 Å². The lowest BCUT2D eigenvalue weighted by molar-refractivity contribution is 0.883. The number of H-pyrrole nitrogens is 1. The summed E-state index contributed by atoms with van der Waals surface area (Å²) in [6, 6.07) is 1.47. The van der Waals surface area contributed by atoms with Crippen molar-refractivity contribution in [2.24, 2.45) is 0 Å². The highest BCUT2D eigenvalue weighted by atomic mass is 32.2. The van der Waals surface area contributed by atoms with Crippen molar-refractivity contribution in [2.75, 3.05) is 11.9 Å². The molecule has 0 fully saturated rings. The third-order valence-electron chi connectivity index (χ3n) is 2.80. The Morgan fingerprint density at radius 1 is 1.24 bits per heavy atom. The average molecular weight is 305 g/mol. The Kier molecular flexibility index (Phi) is 4.95. The molecule has 6 nitrogen and oxygen atoms in total. The van der Waals surface area contributed by atoms with Crippen LogP contribution < -0.4 is 10.9 Å². The second kappa shape index (κ2) is 6.71. The molecule has 2 N–H and O–H groups in total. The fourth-order valence-electron chi connectivity index (χ4n) is 1.81. The molecule has 7 heteroatoms. The van der Waals surface area contributed by atoms with Gasteiger partial charge in [0, 0.05) is 23.9 Å². The number of aryl methyl sites for hydroxylation is 2. The zero-order valence-corrected chi connectivity index (χ0v) is 13.5. The van der Waals surface area contributed by atoms with E-state index >= 15 is 0 Å². The van der Waals surface area contributed by atoms with E-state index in [9.17, 15) is 4.79 Å². The minimum absolute atomic E-state index is 0.155. The lowest BCUT2D eigenvalue weighted by Crippen LogP contribution is -2.09. The Balaban J connectivity index is 2.34. The molecule has 112 valence electrons. The van der Waals surface area contributed by atoms with E-state index in [0.717, 1.165) is 29.4 Å². The van der Waals surface area contributed by atoms with E-state index in [0.29, 0.717) is 16.7 Å². The summed E-state index contributed by atoms with van der Waals surface area (Å²) in [5, 5.41) is 4.64. The predicted octanol–water partition coefficient (Wildman–Crippen LogP) is 2.46. The second-order valence-corrected chi connectivity index (χ2v) is 5.75. The van der Waals surface area contributed by atoms with Gasteiger partial charge in [-0.15, -0.1) is 0 Å². The monoisotopic (exact) mass is 305 g/mol. The van der Waals surface area contributed by atoms with E-state index in [4.69, 9.17) is 0 Å². The first-order valence-electron chi connectivity index (χ1n) is 6.84. The van der Waals surface area contributed by atoms with Crippen LogP contribution in [0.1, 0.15) is 30.4 Å². The Morgan fingerprint density at radius 2 is 2.00 bits per heavy atom. The number of nitrogens with zero attached hydrogens (tertiary/aromatic N) is 3. The summed E-state index contributed by atoms with van der Waals surface area (Å²) >= 11 is 1.35. The average Bonchev–Trinajstić information content (AvgIpc) is 2.39. The van der Waals surface area contributed by atoms with Gasteiger partial charge in [-0.3, -0.25) is 4.79 Å². The van der Waals surface area contributed by atoms with E-state index in [2.05, 4.69) is 32.2 Å². The molecule has 2 aromatic rings. The molecule has 0 amide bonds. The fourth-order valence-corrected chi connectivity index (χ4v) is 2.76. The maximum atomic E-state index is 11.5. The topological polar surface area (TPSA) is 83.6 Å². The highest BCUT2D eigenvalue weighted by Crippen LogP contribution is 2.28. The standard InChI is InChI=1S/C14H19N5OS/c1-5-6-15-12-9(3)13(18-10(4)17-12)21-14-16-8(2)7-11(20)19-14/h7H,5-6H2,1-4H3,(H,15,17,18)(H,16,19,20). The molecule has 21 heavy (non-hydrogen) atoms. The molecular formula is C14H19N5OS. The van der Waals surface area contributed by atoms with Crippen LogP contribution in [-0.4, -0.2) is 26.5 Å². The van der Waals surface area contributed by atoms with Gasteiger partial charge in [-0.25, -0.2) is 15.0 Å². The van der Waals surface area contributed by atoms with Gasteiger partial charge in [0.15, 0.2) is 5.16 Å². The minimum atomic E-state index is -0.155. The van der Waals surface area contributed by atoms with Crippen LogP contribution in [0, 0.1) is 20.8 Å². The molecular weight excluding hydrogens is 286 g/mol. The van der Waals surface area contributed by atoms with Crippen molar-refractivity contribution in [2.45, 2.75) is 44.3 Å². The van der Waals surface area contributed by atoms with Gasteiger partial charge in [-0.1, -0.05) is 6.92 Å². The summed E-state index contributed by atoms with van der Waals surface area (Å²) < 4.78 is 0. The first kappa shape index (κ1) is 15.5. The van der Waals surface area contributed by atoms with E-state index in [1.165, 1.54) is 17.8 Å². The van der Waals surface area contributed by atoms with Gasteiger partial charge < -0.3 is 10.3 Å². The summed E-state index contributed by atoms with van der Waals surface area (Å²) in [6.07, 6.45) is 1.03. The van der Waals surface area contributed by atoms with Crippen LogP contribution >= 0.6 is 11.8 Å². The normalized spacial score (nSPS) is 10.7. The number of hydrogen-bond acceptors (Lipinski definition) is 6. The quantitative estimate of drug-likeness (QED) is 0.652. The van der Waals surface area contributed by atoms with Crippen LogP contribution in [0.25, 0.3) is 0 Å². The third kappa shape index (κ3) is 4.04. The van der Waals surface area contributed by atoms with Gasteiger partial charge in [0.1, 0.15) is 16.7 Å². The highest BCUT2D eigenvalue weighted by molar-refractivity contribution is 7.99. The number of hydrogen-bond donors (Lipinski definition) is 2. The molecule has 2 heterocycles. The van der Waals surface area contributed by atoms with Crippen LogP contribution in [0.15, 0.2) is 21.0 Å². The molecule has 0 aliphatic rings. The number of nitrogens with one attached hydrogen (secondary N) is 2. The van der Waals surface area contributed by atoms with Crippen LogP contribution in [0.4, 0.5) is 5.82 Å². The summed E-state index contributed by atoms with van der Waals surface area (Å²) in [5.74, 6) is 1.53. The van der Waals surface area contributed by atoms with E-state index in [-0.39, 0.29) is 5.56 Å². The Morgan fingerprint density at radius 3 is 2.67 bits per heavy atom. The van der Waals surface area contributed by atoms with Crippen LogP contribution in [0.2, 0.25) is 0 Å². The lowest BCUT2D eigenvalue weighted by Gasteiger charge is -2.11. The molecule has 0 aliphatic carbocycles. The summed E-state index contributed by atoms with van der Waals surface area (Å²) in [4.78, 5) is 27.4. The molecule has 0 bridgehead atoms. The first-order valence-corrected chi connectivity index (χ1v) is 7.66. The van der Waals surface area contributed by atoms with Crippen molar-refractivity contribution in [1.29, 1.82) is 0 Å². The highest BCUT2D eigenvalue weighted by Gasteiger charge is 2.12. The van der Waals surface area contributed by atoms with Gasteiger partial charge in [0.25, 0.3) is 5.56 Å². The SMILES string of the molecule is CCCNc1nc(C)nc(Sc2nc(C)cc(=O)[nH]2)c1C. The van der Waals surface area contributed by atoms with Crippen molar-refractivity contribution in [3.8, 4) is 0 Å². The van der Waals surface area contributed by atoms with Crippen molar-refractivity contribution >= 4 is 17.6 Å². The predicted molar refractivity (Wildman–Crippen MR) is 84.0 cm³/mol. The molecule has 0 unspecified atom stereocenters. The van der Waals surface area contributed by atoms with Gasteiger partial charge in [-0.05, 0) is 39.0 Å². The van der Waals surface area contributed by atoms with Crippen molar-refractivity contribution in [3.05, 3.63) is 33.5 Å². The maximum absolute atomic E-state index is 11.5. The third-order valence-corrected chi connectivity index (χ3v) is 3.77. The largest absolute Gasteiger partial charge is 0.370 e. The molecule has 0 saturated heterocycles. The fraction of sp³-hybridized carbons (Fsp3) is 0.429. The number of rotatable bonds is 5. The zero-order chi connectivity index (χ0) is 15.4. The minimum Gasteiger partial charge on any atom is -0.370 e. The number of anilines is 1. The summed E-state index contributed by atoms with van der Waals surface area (Å²) in [7, 11) is 0. The number of aromatic amines is 1. The van der Waals surface area contributed by atoms with Crippen molar-refractivity contribution < 1.29 is 0 Å². The van der Waals surface area contributed by atoms with Crippen molar-refractivity contribution in [3.63, 3.8) is 0 Å².